The molecule has 0 saturated carbocycles. The smallest absolute Gasteiger partial charge is 0.230 e. The average Bonchev–Trinajstić information content (AvgIpc) is 2.51. The molecule has 0 radical (unpaired) electrons. The molecule has 0 spiro atoms. The topological polar surface area (TPSA) is 58.6 Å². The minimum Gasteiger partial charge on any atom is -0.497 e. The molecule has 0 heterocycles. The first-order valence-corrected chi connectivity index (χ1v) is 8.13. The molecule has 0 aliphatic heterocycles. The van der Waals surface area contributed by atoms with E-state index in [4.69, 9.17) is 4.74 Å². The second-order valence-electron chi connectivity index (χ2n) is 7.71. The number of amides is 1. The van der Waals surface area contributed by atoms with Gasteiger partial charge in [0.25, 0.3) is 0 Å². The quantitative estimate of drug-likeness (QED) is 0.811. The summed E-state index contributed by atoms with van der Waals surface area (Å²) < 4.78 is 5.15. The minimum atomic E-state index is -0.648. The molecule has 0 fully saturated rings. The van der Waals surface area contributed by atoms with E-state index < -0.39 is 11.5 Å². The maximum Gasteiger partial charge on any atom is 0.230 e. The largest absolute Gasteiger partial charge is 0.497 e. The van der Waals surface area contributed by atoms with Gasteiger partial charge in [0, 0.05) is 12.0 Å². The van der Waals surface area contributed by atoms with Crippen LogP contribution in [-0.4, -0.2) is 30.8 Å². The van der Waals surface area contributed by atoms with E-state index in [1.807, 2.05) is 65.8 Å². The van der Waals surface area contributed by atoms with Gasteiger partial charge in [0.05, 0.1) is 18.6 Å². The Balaban J connectivity index is 2.79. The predicted molar refractivity (Wildman–Crippen MR) is 93.7 cm³/mol. The van der Waals surface area contributed by atoms with Crippen molar-refractivity contribution in [2.24, 2.45) is 11.3 Å². The van der Waals surface area contributed by atoms with Crippen molar-refractivity contribution in [3.63, 3.8) is 0 Å². The molecular formula is C19H31NO3. The van der Waals surface area contributed by atoms with Gasteiger partial charge in [-0.1, -0.05) is 39.8 Å². The zero-order chi connectivity index (χ0) is 17.8. The van der Waals surface area contributed by atoms with Crippen LogP contribution in [0.15, 0.2) is 24.3 Å². The minimum absolute atomic E-state index is 0.0494. The molecule has 0 aliphatic rings. The van der Waals surface area contributed by atoms with Gasteiger partial charge in [-0.25, -0.2) is 0 Å². The number of benzene rings is 1. The van der Waals surface area contributed by atoms with Crippen molar-refractivity contribution in [3.05, 3.63) is 29.8 Å². The fourth-order valence-electron chi connectivity index (χ4n) is 2.67. The van der Waals surface area contributed by atoms with E-state index >= 15 is 0 Å². The lowest BCUT2D eigenvalue weighted by Gasteiger charge is -2.34. The molecule has 1 rings (SSSR count). The lowest BCUT2D eigenvalue weighted by molar-refractivity contribution is -0.126. The normalized spacial score (nSPS) is 13.8. The Labute approximate surface area is 140 Å². The van der Waals surface area contributed by atoms with Gasteiger partial charge in [-0.3, -0.25) is 4.79 Å². The van der Waals surface area contributed by atoms with Crippen LogP contribution in [0.2, 0.25) is 0 Å². The molecule has 1 amide bonds. The third-order valence-electron chi connectivity index (χ3n) is 4.52. The molecule has 0 aromatic heterocycles. The van der Waals surface area contributed by atoms with Crippen molar-refractivity contribution in [2.75, 3.05) is 13.7 Å². The molecule has 2 N–H and O–H groups in total. The molecule has 4 nitrogen and oxygen atoms in total. The van der Waals surface area contributed by atoms with Crippen LogP contribution in [0.4, 0.5) is 0 Å². The summed E-state index contributed by atoms with van der Waals surface area (Å²) in [7, 11) is 1.62. The third kappa shape index (κ3) is 4.71. The first-order chi connectivity index (χ1) is 10.5. The number of aliphatic hydroxyl groups is 1. The van der Waals surface area contributed by atoms with Crippen LogP contribution in [0.1, 0.15) is 47.1 Å². The van der Waals surface area contributed by atoms with Crippen LogP contribution in [0, 0.1) is 11.3 Å². The molecule has 1 atom stereocenters. The van der Waals surface area contributed by atoms with Crippen molar-refractivity contribution in [1.29, 1.82) is 0 Å². The third-order valence-corrected chi connectivity index (χ3v) is 4.52. The molecule has 0 aliphatic carbocycles. The van der Waals surface area contributed by atoms with Crippen molar-refractivity contribution >= 4 is 5.91 Å². The lowest BCUT2D eigenvalue weighted by atomic mass is 9.79. The van der Waals surface area contributed by atoms with Gasteiger partial charge in [0.2, 0.25) is 5.91 Å². The fourth-order valence-corrected chi connectivity index (χ4v) is 2.67. The highest BCUT2D eigenvalue weighted by molar-refractivity contribution is 5.87. The van der Waals surface area contributed by atoms with Gasteiger partial charge in [-0.15, -0.1) is 0 Å². The van der Waals surface area contributed by atoms with Crippen LogP contribution in [-0.2, 0) is 10.2 Å². The SMILES string of the molecule is COc1ccc(C(C)(C)C(=O)NCC(C)(C)C(O)C(C)C)cc1. The number of carbonyl (C=O) groups is 1. The Morgan fingerprint density at radius 2 is 1.70 bits per heavy atom. The zero-order valence-electron chi connectivity index (χ0n) is 15.4. The number of aliphatic hydroxyl groups excluding tert-OH is 1. The summed E-state index contributed by atoms with van der Waals surface area (Å²) in [6.45, 7) is 12.1. The Morgan fingerprint density at radius 3 is 2.13 bits per heavy atom. The summed E-state index contributed by atoms with van der Waals surface area (Å²) in [5, 5.41) is 13.3. The lowest BCUT2D eigenvalue weighted by Crippen LogP contribution is -2.48. The van der Waals surface area contributed by atoms with Gasteiger partial charge in [-0.2, -0.15) is 0 Å². The molecule has 130 valence electrons. The number of carbonyl (C=O) groups excluding carboxylic acids is 1. The molecule has 23 heavy (non-hydrogen) atoms. The first-order valence-electron chi connectivity index (χ1n) is 8.13. The highest BCUT2D eigenvalue weighted by Crippen LogP contribution is 2.28. The van der Waals surface area contributed by atoms with Crippen molar-refractivity contribution in [1.82, 2.24) is 5.32 Å². The van der Waals surface area contributed by atoms with E-state index in [-0.39, 0.29) is 17.2 Å². The van der Waals surface area contributed by atoms with E-state index in [0.29, 0.717) is 6.54 Å². The van der Waals surface area contributed by atoms with Gasteiger partial charge in [0.15, 0.2) is 0 Å². The molecule has 1 aromatic carbocycles. The Bertz CT molecular complexity index is 518. The van der Waals surface area contributed by atoms with Gasteiger partial charge in [0.1, 0.15) is 5.75 Å². The molecule has 0 bridgehead atoms. The highest BCUT2D eigenvalue weighted by Gasteiger charge is 2.34. The van der Waals surface area contributed by atoms with E-state index in [1.54, 1.807) is 7.11 Å². The number of rotatable bonds is 7. The molecule has 1 unspecified atom stereocenters. The van der Waals surface area contributed by atoms with Crippen LogP contribution in [0.25, 0.3) is 0 Å². The monoisotopic (exact) mass is 321 g/mol. The maximum absolute atomic E-state index is 12.6. The van der Waals surface area contributed by atoms with E-state index in [2.05, 4.69) is 5.32 Å². The number of methoxy groups -OCH3 is 1. The van der Waals surface area contributed by atoms with Gasteiger partial charge in [-0.05, 0) is 37.5 Å². The van der Waals surface area contributed by atoms with Crippen LogP contribution >= 0.6 is 0 Å². The predicted octanol–water partition coefficient (Wildman–Crippen LogP) is 3.13. The van der Waals surface area contributed by atoms with Crippen molar-refractivity contribution in [3.8, 4) is 5.75 Å². The van der Waals surface area contributed by atoms with Crippen LogP contribution < -0.4 is 10.1 Å². The number of nitrogens with one attached hydrogen (secondary N) is 1. The summed E-state index contributed by atoms with van der Waals surface area (Å²) in [5.41, 5.74) is -0.0942. The number of hydrogen-bond donors (Lipinski definition) is 2. The number of ether oxygens (including phenoxy) is 1. The summed E-state index contributed by atoms with van der Waals surface area (Å²) in [6, 6.07) is 7.53. The van der Waals surface area contributed by atoms with Gasteiger partial charge >= 0.3 is 0 Å². The summed E-state index contributed by atoms with van der Waals surface area (Å²) in [5.74, 6) is 0.870. The molecular weight excluding hydrogens is 290 g/mol. The number of hydrogen-bond acceptors (Lipinski definition) is 3. The molecule has 1 aromatic rings. The average molecular weight is 321 g/mol. The second kappa shape index (κ2) is 7.35. The van der Waals surface area contributed by atoms with Crippen LogP contribution in [0.5, 0.6) is 5.75 Å². The maximum atomic E-state index is 12.6. The summed E-state index contributed by atoms with van der Waals surface area (Å²) >= 11 is 0. The fraction of sp³-hybridized carbons (Fsp3) is 0.632. The highest BCUT2D eigenvalue weighted by atomic mass is 16.5. The summed E-state index contributed by atoms with van der Waals surface area (Å²) in [6.07, 6.45) is -0.466. The Morgan fingerprint density at radius 1 is 1.17 bits per heavy atom. The summed E-state index contributed by atoms with van der Waals surface area (Å²) in [4.78, 5) is 12.6. The van der Waals surface area contributed by atoms with Crippen molar-refractivity contribution in [2.45, 2.75) is 53.1 Å². The van der Waals surface area contributed by atoms with Crippen LogP contribution in [0.3, 0.4) is 0 Å². The molecule has 0 saturated heterocycles. The Hall–Kier alpha value is -1.55. The molecule has 4 heteroatoms. The first kappa shape index (κ1) is 19.5. The Kier molecular flexibility index (Phi) is 6.23. The van der Waals surface area contributed by atoms with Crippen molar-refractivity contribution < 1.29 is 14.6 Å². The van der Waals surface area contributed by atoms with Gasteiger partial charge < -0.3 is 15.2 Å². The van der Waals surface area contributed by atoms with E-state index in [1.165, 1.54) is 0 Å². The van der Waals surface area contributed by atoms with E-state index in [9.17, 15) is 9.90 Å². The standard InChI is InChI=1S/C19H31NO3/c1-13(2)16(21)18(3,4)12-20-17(22)19(5,6)14-8-10-15(23-7)11-9-14/h8-11,13,16,21H,12H2,1-7H3,(H,20,22). The zero-order valence-corrected chi connectivity index (χ0v) is 15.4. The van der Waals surface area contributed by atoms with E-state index in [0.717, 1.165) is 11.3 Å². The second-order valence-corrected chi connectivity index (χ2v) is 7.71.